The predicted octanol–water partition coefficient (Wildman–Crippen LogP) is 4.00. The van der Waals surface area contributed by atoms with E-state index >= 15 is 0 Å². The van der Waals surface area contributed by atoms with Crippen LogP contribution in [0.3, 0.4) is 0 Å². The van der Waals surface area contributed by atoms with Crippen molar-refractivity contribution in [2.45, 2.75) is 39.0 Å². The molecule has 1 aromatic heterocycles. The van der Waals surface area contributed by atoms with Crippen molar-refractivity contribution in [3.63, 3.8) is 0 Å². The highest BCUT2D eigenvalue weighted by atomic mass is 15.3. The molecule has 0 saturated heterocycles. The molecule has 0 spiro atoms. The van der Waals surface area contributed by atoms with Gasteiger partial charge in [0.25, 0.3) is 0 Å². The highest BCUT2D eigenvalue weighted by Crippen LogP contribution is 2.22. The molecular formula is C16H20N4. The average Bonchev–Trinajstić information content (AvgIpc) is 2.70. The van der Waals surface area contributed by atoms with Crippen molar-refractivity contribution in [1.29, 1.82) is 0 Å². The first-order valence-corrected chi connectivity index (χ1v) is 7.35. The highest BCUT2D eigenvalue weighted by molar-refractivity contribution is 5.92. The Morgan fingerprint density at radius 1 is 1.20 bits per heavy atom. The number of aromatic nitrogens is 2. The second-order valence-electron chi connectivity index (χ2n) is 5.61. The Morgan fingerprint density at radius 3 is 3.05 bits per heavy atom. The summed E-state index contributed by atoms with van der Waals surface area (Å²) in [6.07, 6.45) is 7.75. The Kier molecular flexibility index (Phi) is 3.90. The topological polar surface area (TPSA) is 50.2 Å². The Hall–Kier alpha value is -1.97. The maximum absolute atomic E-state index is 4.56. The van der Waals surface area contributed by atoms with Gasteiger partial charge in [-0.3, -0.25) is 5.43 Å². The molecule has 1 aliphatic carbocycles. The van der Waals surface area contributed by atoms with Gasteiger partial charge in [-0.05, 0) is 31.6 Å². The fourth-order valence-electron chi connectivity index (χ4n) is 2.69. The second kappa shape index (κ2) is 5.99. The summed E-state index contributed by atoms with van der Waals surface area (Å²) in [4.78, 5) is 0. The first-order valence-electron chi connectivity index (χ1n) is 7.35. The molecule has 1 heterocycles. The monoisotopic (exact) mass is 268 g/mol. The third kappa shape index (κ3) is 2.95. The molecule has 4 heteroatoms. The number of hydrogen-bond acceptors (Lipinski definition) is 4. The van der Waals surface area contributed by atoms with Crippen LogP contribution in [0, 0.1) is 5.92 Å². The van der Waals surface area contributed by atoms with E-state index < -0.39 is 0 Å². The van der Waals surface area contributed by atoms with E-state index in [2.05, 4.69) is 27.6 Å². The van der Waals surface area contributed by atoms with Crippen molar-refractivity contribution in [2.75, 3.05) is 5.43 Å². The number of fused-ring (bicyclic) bond motifs is 1. The fourth-order valence-corrected chi connectivity index (χ4v) is 2.69. The molecule has 1 aromatic carbocycles. The molecule has 0 amide bonds. The summed E-state index contributed by atoms with van der Waals surface area (Å²) >= 11 is 0. The number of nitrogens with one attached hydrogen (secondary N) is 1. The first kappa shape index (κ1) is 13.0. The van der Waals surface area contributed by atoms with Crippen LogP contribution in [0.1, 0.15) is 39.0 Å². The van der Waals surface area contributed by atoms with Gasteiger partial charge in [-0.15, -0.1) is 5.10 Å². The number of rotatable bonds is 2. The van der Waals surface area contributed by atoms with Crippen LogP contribution in [0.2, 0.25) is 0 Å². The first-order chi connectivity index (χ1) is 9.83. The van der Waals surface area contributed by atoms with E-state index in [0.717, 1.165) is 35.3 Å². The van der Waals surface area contributed by atoms with Crippen molar-refractivity contribution >= 4 is 22.3 Å². The molecule has 0 radical (unpaired) electrons. The SMILES string of the molecule is CC1CCC/C(=N\Nc2nncc3ccccc23)CC1. The lowest BCUT2D eigenvalue weighted by atomic mass is 10.0. The lowest BCUT2D eigenvalue weighted by Crippen LogP contribution is -2.03. The minimum absolute atomic E-state index is 0.743. The summed E-state index contributed by atoms with van der Waals surface area (Å²) in [7, 11) is 0. The summed E-state index contributed by atoms with van der Waals surface area (Å²) in [5, 5.41) is 14.9. The molecule has 1 aliphatic rings. The summed E-state index contributed by atoms with van der Waals surface area (Å²) in [5.41, 5.74) is 4.37. The van der Waals surface area contributed by atoms with Crippen LogP contribution < -0.4 is 5.43 Å². The molecule has 20 heavy (non-hydrogen) atoms. The quantitative estimate of drug-likeness (QED) is 0.661. The van der Waals surface area contributed by atoms with Gasteiger partial charge in [0.15, 0.2) is 5.82 Å². The van der Waals surface area contributed by atoms with Crippen molar-refractivity contribution < 1.29 is 0 Å². The Labute approximate surface area is 119 Å². The Balaban J connectivity index is 1.79. The van der Waals surface area contributed by atoms with Gasteiger partial charge >= 0.3 is 0 Å². The van der Waals surface area contributed by atoms with E-state index in [1.54, 1.807) is 6.20 Å². The number of hydrogen-bond donors (Lipinski definition) is 1. The smallest absolute Gasteiger partial charge is 0.176 e. The zero-order valence-corrected chi connectivity index (χ0v) is 11.8. The molecular weight excluding hydrogens is 248 g/mol. The predicted molar refractivity (Wildman–Crippen MR) is 82.8 cm³/mol. The lowest BCUT2D eigenvalue weighted by Gasteiger charge is -2.06. The maximum Gasteiger partial charge on any atom is 0.176 e. The van der Waals surface area contributed by atoms with E-state index in [4.69, 9.17) is 0 Å². The van der Waals surface area contributed by atoms with Crippen LogP contribution in [0.25, 0.3) is 10.8 Å². The summed E-state index contributed by atoms with van der Waals surface area (Å²) < 4.78 is 0. The molecule has 2 aromatic rings. The third-order valence-electron chi connectivity index (χ3n) is 3.98. The van der Waals surface area contributed by atoms with E-state index in [1.807, 2.05) is 24.3 Å². The third-order valence-corrected chi connectivity index (χ3v) is 3.98. The van der Waals surface area contributed by atoms with Gasteiger partial charge < -0.3 is 0 Å². The van der Waals surface area contributed by atoms with Gasteiger partial charge in [-0.25, -0.2) is 0 Å². The summed E-state index contributed by atoms with van der Waals surface area (Å²) in [6, 6.07) is 8.10. The molecule has 0 aliphatic heterocycles. The van der Waals surface area contributed by atoms with Crippen molar-refractivity contribution in [3.8, 4) is 0 Å². The van der Waals surface area contributed by atoms with Gasteiger partial charge in [0, 0.05) is 16.5 Å². The zero-order valence-electron chi connectivity index (χ0n) is 11.8. The number of anilines is 1. The molecule has 4 nitrogen and oxygen atoms in total. The fraction of sp³-hybridized carbons (Fsp3) is 0.438. The molecule has 104 valence electrons. The van der Waals surface area contributed by atoms with Crippen molar-refractivity contribution in [2.24, 2.45) is 11.0 Å². The van der Waals surface area contributed by atoms with Crippen LogP contribution in [-0.2, 0) is 0 Å². The van der Waals surface area contributed by atoms with Gasteiger partial charge in [0.1, 0.15) is 0 Å². The second-order valence-corrected chi connectivity index (χ2v) is 5.61. The van der Waals surface area contributed by atoms with E-state index in [-0.39, 0.29) is 0 Å². The zero-order chi connectivity index (χ0) is 13.8. The standard InChI is InChI=1S/C16H20N4/c1-12-5-4-7-14(10-9-12)18-20-16-15-8-3-2-6-13(15)11-17-19-16/h2-3,6,8,11-12H,4-5,7,9-10H2,1H3,(H,19,20)/b18-14+. The summed E-state index contributed by atoms with van der Waals surface area (Å²) in [5.74, 6) is 1.56. The van der Waals surface area contributed by atoms with Gasteiger partial charge in [0.2, 0.25) is 0 Å². The molecule has 3 rings (SSSR count). The molecule has 1 unspecified atom stereocenters. The van der Waals surface area contributed by atoms with E-state index in [9.17, 15) is 0 Å². The van der Waals surface area contributed by atoms with Crippen molar-refractivity contribution in [1.82, 2.24) is 10.2 Å². The largest absolute Gasteiger partial charge is 0.259 e. The minimum atomic E-state index is 0.743. The van der Waals surface area contributed by atoms with Crippen LogP contribution in [0.4, 0.5) is 5.82 Å². The molecule has 1 N–H and O–H groups in total. The lowest BCUT2D eigenvalue weighted by molar-refractivity contribution is 0.508. The molecule has 1 atom stereocenters. The van der Waals surface area contributed by atoms with Gasteiger partial charge in [-0.1, -0.05) is 37.6 Å². The highest BCUT2D eigenvalue weighted by Gasteiger charge is 2.11. The normalized spacial score (nSPS) is 21.9. The average molecular weight is 268 g/mol. The molecule has 0 bridgehead atoms. The number of nitrogens with zero attached hydrogens (tertiary/aromatic N) is 3. The Bertz CT molecular complexity index is 615. The number of hydrazone groups is 1. The van der Waals surface area contributed by atoms with Crippen LogP contribution in [0.5, 0.6) is 0 Å². The van der Waals surface area contributed by atoms with Gasteiger partial charge in [-0.2, -0.15) is 10.2 Å². The van der Waals surface area contributed by atoms with E-state index in [1.165, 1.54) is 25.0 Å². The van der Waals surface area contributed by atoms with Crippen LogP contribution >= 0.6 is 0 Å². The number of benzene rings is 1. The molecule has 1 saturated carbocycles. The minimum Gasteiger partial charge on any atom is -0.259 e. The van der Waals surface area contributed by atoms with Gasteiger partial charge in [0.05, 0.1) is 6.20 Å². The summed E-state index contributed by atoms with van der Waals surface area (Å²) in [6.45, 7) is 2.33. The van der Waals surface area contributed by atoms with E-state index in [0.29, 0.717) is 0 Å². The maximum atomic E-state index is 4.56. The Morgan fingerprint density at radius 2 is 2.10 bits per heavy atom. The van der Waals surface area contributed by atoms with Crippen molar-refractivity contribution in [3.05, 3.63) is 30.5 Å². The van der Waals surface area contributed by atoms with Crippen LogP contribution in [0.15, 0.2) is 35.6 Å². The molecule has 1 fully saturated rings. The van der Waals surface area contributed by atoms with Crippen LogP contribution in [-0.4, -0.2) is 15.9 Å².